The van der Waals surface area contributed by atoms with Crippen LogP contribution in [-0.2, 0) is 22.6 Å². The number of fused-ring (bicyclic) bond motifs is 1. The van der Waals surface area contributed by atoms with Crippen LogP contribution in [0.25, 0.3) is 0 Å². The third-order valence-corrected chi connectivity index (χ3v) is 7.80. The molecule has 5 N–H and O–H groups in total. The van der Waals surface area contributed by atoms with Crippen molar-refractivity contribution in [1.82, 2.24) is 4.90 Å². The number of aryl methyl sites for hydroxylation is 1. The predicted molar refractivity (Wildman–Crippen MR) is 174 cm³/mol. The Morgan fingerprint density at radius 2 is 1.50 bits per heavy atom. The van der Waals surface area contributed by atoms with Gasteiger partial charge < -0.3 is 31.1 Å². The van der Waals surface area contributed by atoms with Crippen LogP contribution in [0.5, 0.6) is 5.75 Å². The first-order chi connectivity index (χ1) is 22.9. The van der Waals surface area contributed by atoms with Gasteiger partial charge in [-0.05, 0) is 92.2 Å². The highest BCUT2D eigenvalue weighted by atomic mass is 19.4. The average molecular weight is 669 g/mol. The molecule has 1 aliphatic heterocycles. The molecule has 3 amide bonds. The summed E-state index contributed by atoms with van der Waals surface area (Å²) in [6.07, 6.45) is 3.80. The van der Waals surface area contributed by atoms with Gasteiger partial charge in [0.2, 0.25) is 0 Å². The molecule has 1 fully saturated rings. The highest BCUT2D eigenvalue weighted by molar-refractivity contribution is 6.04. The fourth-order valence-corrected chi connectivity index (χ4v) is 5.05. The number of unbranched alkanes of at least 4 members (excludes halogenated alkanes) is 4. The number of amides is 3. The first-order valence-electron chi connectivity index (χ1n) is 15.8. The van der Waals surface area contributed by atoms with Gasteiger partial charge in [-0.15, -0.1) is 0 Å². The van der Waals surface area contributed by atoms with Crippen molar-refractivity contribution in [2.45, 2.75) is 70.1 Å². The molecule has 1 heterocycles. The first-order valence-corrected chi connectivity index (χ1v) is 15.8. The lowest BCUT2D eigenvalue weighted by Crippen LogP contribution is -2.33. The van der Waals surface area contributed by atoms with E-state index in [2.05, 4.69) is 22.8 Å². The van der Waals surface area contributed by atoms with Crippen molar-refractivity contribution >= 4 is 35.1 Å². The van der Waals surface area contributed by atoms with Crippen molar-refractivity contribution in [2.75, 3.05) is 23.8 Å². The molecule has 3 aromatic rings. The molecule has 0 bridgehead atoms. The Bertz CT molecular complexity index is 1570. The minimum Gasteiger partial charge on any atom is -0.482 e. The molecule has 13 heteroatoms. The van der Waals surface area contributed by atoms with Crippen molar-refractivity contribution in [2.24, 2.45) is 5.73 Å². The topological polar surface area (TPSA) is 151 Å². The van der Waals surface area contributed by atoms with Gasteiger partial charge in [0.25, 0.3) is 17.7 Å². The summed E-state index contributed by atoms with van der Waals surface area (Å²) >= 11 is 0. The van der Waals surface area contributed by atoms with Crippen LogP contribution in [0.4, 0.5) is 24.5 Å². The Balaban J connectivity index is 0.000000671. The largest absolute Gasteiger partial charge is 0.490 e. The number of hydrogen-bond donors (Lipinski definition) is 4. The summed E-state index contributed by atoms with van der Waals surface area (Å²) in [5, 5.41) is 12.9. The number of anilines is 2. The average Bonchev–Trinajstić information content (AvgIpc) is 3.91. The van der Waals surface area contributed by atoms with Crippen molar-refractivity contribution in [3.05, 3.63) is 89.0 Å². The van der Waals surface area contributed by atoms with E-state index in [4.69, 9.17) is 20.4 Å². The number of nitrogens with two attached hydrogens (primary N) is 1. The summed E-state index contributed by atoms with van der Waals surface area (Å²) in [5.74, 6) is -2.70. The molecular weight excluding hydrogens is 629 g/mol. The molecule has 0 aromatic heterocycles. The van der Waals surface area contributed by atoms with Crippen LogP contribution in [0.3, 0.4) is 0 Å². The lowest BCUT2D eigenvalue weighted by Gasteiger charge is -2.24. The summed E-state index contributed by atoms with van der Waals surface area (Å²) in [7, 11) is 0. The number of nitrogens with zero attached hydrogens (tertiary/aromatic N) is 1. The smallest absolute Gasteiger partial charge is 0.482 e. The SMILES string of the molecule is NCCCCCCCc1ccc(NC(=O)c2ccc(CN(C(=O)c3ccc4c(c3)OCC(=O)N4)C3CC3)cc2)cc1.O=C(O)C(F)(F)F. The number of ether oxygens (including phenoxy) is 1. The Labute approximate surface area is 276 Å². The van der Waals surface area contributed by atoms with E-state index in [0.717, 1.165) is 49.9 Å². The number of carboxylic acids is 1. The summed E-state index contributed by atoms with van der Waals surface area (Å²) < 4.78 is 37.2. The van der Waals surface area contributed by atoms with E-state index in [0.29, 0.717) is 29.1 Å². The molecule has 10 nitrogen and oxygen atoms in total. The van der Waals surface area contributed by atoms with E-state index in [-0.39, 0.29) is 30.4 Å². The number of benzene rings is 3. The van der Waals surface area contributed by atoms with Gasteiger partial charge in [0, 0.05) is 29.4 Å². The van der Waals surface area contributed by atoms with Gasteiger partial charge in [-0.3, -0.25) is 14.4 Å². The third-order valence-electron chi connectivity index (χ3n) is 7.80. The summed E-state index contributed by atoms with van der Waals surface area (Å²) in [6.45, 7) is 1.17. The minimum absolute atomic E-state index is 0.0571. The van der Waals surface area contributed by atoms with Gasteiger partial charge in [-0.25, -0.2) is 4.79 Å². The second kappa shape index (κ2) is 16.8. The van der Waals surface area contributed by atoms with Gasteiger partial charge >= 0.3 is 12.1 Å². The Morgan fingerprint density at radius 3 is 2.12 bits per heavy atom. The van der Waals surface area contributed by atoms with Crippen molar-refractivity contribution < 1.29 is 42.2 Å². The van der Waals surface area contributed by atoms with E-state index in [1.165, 1.54) is 24.8 Å². The molecule has 0 atom stereocenters. The second-order valence-electron chi connectivity index (χ2n) is 11.7. The van der Waals surface area contributed by atoms with E-state index in [1.807, 2.05) is 29.2 Å². The number of aliphatic carboxylic acids is 1. The Hall–Kier alpha value is -4.91. The highest BCUT2D eigenvalue weighted by Crippen LogP contribution is 2.33. The lowest BCUT2D eigenvalue weighted by molar-refractivity contribution is -0.192. The number of carbonyl (C=O) groups is 4. The summed E-state index contributed by atoms with van der Waals surface area (Å²) in [4.78, 5) is 48.6. The Kier molecular flexibility index (Phi) is 12.6. The number of alkyl halides is 3. The highest BCUT2D eigenvalue weighted by Gasteiger charge is 2.38. The van der Waals surface area contributed by atoms with Crippen molar-refractivity contribution in [3.8, 4) is 5.75 Å². The zero-order valence-electron chi connectivity index (χ0n) is 26.4. The molecule has 1 saturated carbocycles. The summed E-state index contributed by atoms with van der Waals surface area (Å²) in [5.41, 5.74) is 10.2. The number of rotatable bonds is 13. The molecule has 0 radical (unpaired) electrons. The maximum atomic E-state index is 13.4. The van der Waals surface area contributed by atoms with Crippen molar-refractivity contribution in [1.29, 1.82) is 0 Å². The van der Waals surface area contributed by atoms with Gasteiger partial charge in [0.1, 0.15) is 5.75 Å². The zero-order chi connectivity index (χ0) is 34.7. The molecular formula is C35H39F3N4O6. The predicted octanol–water partition coefficient (Wildman–Crippen LogP) is 6.16. The Morgan fingerprint density at radius 1 is 0.896 bits per heavy atom. The maximum absolute atomic E-state index is 13.4. The van der Waals surface area contributed by atoms with Crippen LogP contribution in [0.2, 0.25) is 0 Å². The van der Waals surface area contributed by atoms with Gasteiger partial charge in [-0.1, -0.05) is 43.5 Å². The number of carboxylic acid groups (broad SMARTS) is 1. The standard InChI is InChI=1S/C33H38N4O4.C2HF3O2/c34-19-5-3-1-2-4-6-23-9-14-27(15-10-23)35-32(39)25-11-7-24(8-12-25)21-37(28-16-17-28)33(40)26-13-18-29-30(20-26)41-22-31(38)36-29;3-2(4,5)1(6)7/h7-15,18,20,28H,1-6,16-17,19,21-22,34H2,(H,35,39)(H,36,38);(H,6,7). The fourth-order valence-electron chi connectivity index (χ4n) is 5.05. The van der Waals surface area contributed by atoms with E-state index >= 15 is 0 Å². The second-order valence-corrected chi connectivity index (χ2v) is 11.7. The van der Waals surface area contributed by atoms with E-state index < -0.39 is 12.1 Å². The minimum atomic E-state index is -5.08. The van der Waals surface area contributed by atoms with Crippen LogP contribution < -0.4 is 21.1 Å². The number of nitrogens with one attached hydrogen (secondary N) is 2. The van der Waals surface area contributed by atoms with Crippen LogP contribution in [0, 0.1) is 0 Å². The number of hydrogen-bond acceptors (Lipinski definition) is 6. The molecule has 256 valence electrons. The quantitative estimate of drug-likeness (QED) is 0.159. The zero-order valence-corrected chi connectivity index (χ0v) is 26.4. The monoisotopic (exact) mass is 668 g/mol. The molecule has 2 aliphatic rings. The van der Waals surface area contributed by atoms with Crippen LogP contribution in [0.15, 0.2) is 66.7 Å². The molecule has 3 aromatic carbocycles. The lowest BCUT2D eigenvalue weighted by atomic mass is 10.0. The molecule has 0 unspecified atom stereocenters. The van der Waals surface area contributed by atoms with E-state index in [9.17, 15) is 27.6 Å². The van der Waals surface area contributed by atoms with E-state index in [1.54, 1.807) is 30.3 Å². The molecule has 0 saturated heterocycles. The van der Waals surface area contributed by atoms with Gasteiger partial charge in [-0.2, -0.15) is 13.2 Å². The van der Waals surface area contributed by atoms with Crippen LogP contribution in [0.1, 0.15) is 76.8 Å². The molecule has 48 heavy (non-hydrogen) atoms. The molecule has 1 aliphatic carbocycles. The van der Waals surface area contributed by atoms with Crippen molar-refractivity contribution in [3.63, 3.8) is 0 Å². The molecule has 0 spiro atoms. The number of carbonyl (C=O) groups excluding carboxylic acids is 3. The normalized spacial score (nSPS) is 13.6. The molecule has 5 rings (SSSR count). The maximum Gasteiger partial charge on any atom is 0.490 e. The third kappa shape index (κ3) is 10.8. The van der Waals surface area contributed by atoms with Crippen LogP contribution >= 0.6 is 0 Å². The van der Waals surface area contributed by atoms with Crippen LogP contribution in [-0.4, -0.2) is 59.1 Å². The number of halogens is 3. The van der Waals surface area contributed by atoms with Gasteiger partial charge in [0.05, 0.1) is 5.69 Å². The first kappa shape index (κ1) is 35.9. The fraction of sp³-hybridized carbons (Fsp3) is 0.371. The van der Waals surface area contributed by atoms with Gasteiger partial charge in [0.15, 0.2) is 6.61 Å². The summed E-state index contributed by atoms with van der Waals surface area (Å²) in [6, 6.07) is 20.8.